The zero-order valence-corrected chi connectivity index (χ0v) is 10.2. The van der Waals surface area contributed by atoms with Crippen molar-refractivity contribution in [2.24, 2.45) is 0 Å². The minimum Gasteiger partial charge on any atom is -0.543 e. The predicted octanol–water partition coefficient (Wildman–Crippen LogP) is -10.9. The molecule has 1 radical (unpaired) electrons. The Bertz CT molecular complexity index is 178. The van der Waals surface area contributed by atoms with Crippen LogP contribution in [0.4, 0.5) is 0 Å². The van der Waals surface area contributed by atoms with Gasteiger partial charge >= 0.3 is 46.6 Å². The maximum Gasteiger partial charge on any atom is 3.00 e. The fraction of sp³-hybridized carbons (Fsp3) is 0. The average Bonchev–Trinajstić information content (AvgIpc) is 1.88. The Kier molecular flexibility index (Phi) is 30.8. The third-order valence-electron chi connectivity index (χ3n) is 0.333. The van der Waals surface area contributed by atoms with Crippen LogP contribution in [0.25, 0.3) is 0 Å². The van der Waals surface area contributed by atoms with Gasteiger partial charge in [0.25, 0.3) is 0 Å². The molecular weight excluding hydrogens is 271 g/mol. The first kappa shape index (κ1) is 29.3. The Morgan fingerprint density at radius 1 is 0.600 bits per heavy atom. The molecule has 0 bridgehead atoms. The summed E-state index contributed by atoms with van der Waals surface area (Å²) in [6, 6.07) is 0. The number of carboxylic acid groups (broad SMARTS) is 4. The molecule has 0 heterocycles. The molecule has 0 saturated heterocycles. The monoisotopic (exact) mass is 273 g/mol. The Morgan fingerprint density at radius 3 is 0.667 bits per heavy atom. The number of carbonyl (C=O) groups excluding carboxylic acids is 4. The second-order valence-corrected chi connectivity index (χ2v) is 1.15. The van der Waals surface area contributed by atoms with E-state index in [0.29, 0.717) is 0 Å². The van der Waals surface area contributed by atoms with Crippen molar-refractivity contribution in [2.75, 3.05) is 0 Å². The van der Waals surface area contributed by atoms with E-state index in [1.165, 1.54) is 0 Å². The van der Waals surface area contributed by atoms with Gasteiger partial charge in [-0.05, 0) is 0 Å². The third-order valence-corrected chi connectivity index (χ3v) is 0.333. The fourth-order valence-corrected chi connectivity index (χ4v) is 0. The predicted molar refractivity (Wildman–Crippen MR) is 23.6 cm³/mol. The van der Waals surface area contributed by atoms with E-state index in [-0.39, 0.29) is 52.1 Å². The van der Waals surface area contributed by atoms with Gasteiger partial charge in [-0.3, -0.25) is 0 Å². The van der Waals surface area contributed by atoms with E-state index < -0.39 is 23.9 Å². The molecule has 0 fully saturated rings. The zero-order valence-electron chi connectivity index (χ0n) is 7.12. The molecule has 0 rings (SSSR count). The molecule has 0 aliphatic carbocycles. The first-order valence-electron chi connectivity index (χ1n) is 2.13. The molecule has 0 atom stereocenters. The van der Waals surface area contributed by atoms with Crippen molar-refractivity contribution in [3.63, 3.8) is 0 Å². The smallest absolute Gasteiger partial charge is 0.543 e. The molecule has 0 aromatic rings. The topological polar surface area (TPSA) is 192 Å². The van der Waals surface area contributed by atoms with Gasteiger partial charge < -0.3 is 45.1 Å². The first-order valence-corrected chi connectivity index (χ1v) is 2.13. The summed E-state index contributed by atoms with van der Waals surface area (Å²) in [5.41, 5.74) is 0. The molecule has 2 N–H and O–H groups in total. The Morgan fingerprint density at radius 2 is 0.667 bits per heavy atom. The molecule has 0 aliphatic heterocycles. The Hall–Kier alpha value is -0.641. The SMILES string of the molecule is O.O=C([O-])C(=O)[O-].O=C([O-])C(=O)[O-].[Fe+3].[Na+]. The van der Waals surface area contributed by atoms with E-state index in [9.17, 15) is 0 Å². The summed E-state index contributed by atoms with van der Waals surface area (Å²) < 4.78 is 0. The van der Waals surface area contributed by atoms with Gasteiger partial charge in [0.1, 0.15) is 0 Å². The normalized spacial score (nSPS) is 5.87. The average molecular weight is 273 g/mol. The van der Waals surface area contributed by atoms with Crippen molar-refractivity contribution in [1.29, 1.82) is 0 Å². The third kappa shape index (κ3) is 31.8. The number of carboxylic acids is 4. The number of carbonyl (C=O) groups is 4. The van der Waals surface area contributed by atoms with E-state index in [4.69, 9.17) is 39.6 Å². The van der Waals surface area contributed by atoms with Gasteiger partial charge in [-0.15, -0.1) is 0 Å². The quantitative estimate of drug-likeness (QED) is 0.306. The minimum absolute atomic E-state index is 0. The van der Waals surface area contributed by atoms with Crippen LogP contribution in [0.5, 0.6) is 0 Å². The van der Waals surface area contributed by atoms with E-state index in [0.717, 1.165) is 0 Å². The number of aliphatic carboxylic acids is 4. The van der Waals surface area contributed by atoms with Gasteiger partial charge in [-0.1, -0.05) is 0 Å². The van der Waals surface area contributed by atoms with Crippen LogP contribution in [0, 0.1) is 0 Å². The van der Waals surface area contributed by atoms with Crippen molar-refractivity contribution in [1.82, 2.24) is 0 Å². The minimum atomic E-state index is -2.19. The van der Waals surface area contributed by atoms with Crippen LogP contribution in [0.3, 0.4) is 0 Å². The molecule has 0 saturated carbocycles. The summed E-state index contributed by atoms with van der Waals surface area (Å²) >= 11 is 0. The second-order valence-electron chi connectivity index (χ2n) is 1.15. The molecule has 81 valence electrons. The van der Waals surface area contributed by atoms with Crippen LogP contribution in [-0.4, -0.2) is 29.4 Å². The van der Waals surface area contributed by atoms with Gasteiger partial charge in [0, 0.05) is 0 Å². The van der Waals surface area contributed by atoms with Crippen molar-refractivity contribution >= 4 is 23.9 Å². The van der Waals surface area contributed by atoms with E-state index >= 15 is 0 Å². The number of rotatable bonds is 0. The summed E-state index contributed by atoms with van der Waals surface area (Å²) in [6.07, 6.45) is 0. The van der Waals surface area contributed by atoms with Crippen LogP contribution in [0.1, 0.15) is 0 Å². The molecule has 0 amide bonds. The maximum atomic E-state index is 8.93. The van der Waals surface area contributed by atoms with Gasteiger partial charge in [-0.25, -0.2) is 0 Å². The summed E-state index contributed by atoms with van der Waals surface area (Å²) in [5, 5.41) is 35.7. The van der Waals surface area contributed by atoms with Crippen LogP contribution in [0.15, 0.2) is 0 Å². The maximum absolute atomic E-state index is 8.93. The molecule has 0 spiro atoms. The standard InChI is InChI=1S/2C2H2O4.Fe.Na.H2O/c2*3-1(4)2(5)6;;;/h2*(H,3,4)(H,5,6);;;1H2/q;;+3;+1;/p-4. The van der Waals surface area contributed by atoms with Crippen molar-refractivity contribution < 1.29 is 91.7 Å². The first-order chi connectivity index (χ1) is 5.29. The summed E-state index contributed by atoms with van der Waals surface area (Å²) in [4.78, 5) is 35.7. The van der Waals surface area contributed by atoms with Gasteiger partial charge in [0.05, 0.1) is 23.9 Å². The number of hydrogen-bond acceptors (Lipinski definition) is 8. The molecule has 0 unspecified atom stereocenters. The number of hydrogen-bond donors (Lipinski definition) is 0. The molecule has 0 aromatic carbocycles. The van der Waals surface area contributed by atoms with Crippen LogP contribution >= 0.6 is 0 Å². The summed E-state index contributed by atoms with van der Waals surface area (Å²) in [6.45, 7) is 0. The Labute approximate surface area is 115 Å². The van der Waals surface area contributed by atoms with Crippen LogP contribution in [-0.2, 0) is 36.2 Å². The molecular formula is C4H2FeNaO9. The van der Waals surface area contributed by atoms with E-state index in [2.05, 4.69) is 0 Å². The molecule has 15 heavy (non-hydrogen) atoms. The second kappa shape index (κ2) is 15.8. The van der Waals surface area contributed by atoms with Gasteiger partial charge in [-0.2, -0.15) is 0 Å². The van der Waals surface area contributed by atoms with Crippen LogP contribution in [0.2, 0.25) is 0 Å². The Balaban J connectivity index is -0.0000000370. The van der Waals surface area contributed by atoms with E-state index in [1.54, 1.807) is 0 Å². The van der Waals surface area contributed by atoms with Crippen molar-refractivity contribution in [2.45, 2.75) is 0 Å². The summed E-state index contributed by atoms with van der Waals surface area (Å²) in [7, 11) is 0. The molecule has 0 aliphatic rings. The van der Waals surface area contributed by atoms with Gasteiger partial charge in [0.2, 0.25) is 0 Å². The molecule has 9 nitrogen and oxygen atoms in total. The largest absolute Gasteiger partial charge is 3.00 e. The van der Waals surface area contributed by atoms with Gasteiger partial charge in [0.15, 0.2) is 0 Å². The van der Waals surface area contributed by atoms with Crippen molar-refractivity contribution in [3.05, 3.63) is 0 Å². The fourth-order valence-electron chi connectivity index (χ4n) is 0. The molecule has 0 aromatic heterocycles. The molecule has 11 heteroatoms. The van der Waals surface area contributed by atoms with E-state index in [1.807, 2.05) is 0 Å². The van der Waals surface area contributed by atoms with Crippen LogP contribution < -0.4 is 50.0 Å². The zero-order chi connectivity index (χ0) is 10.3. The summed E-state index contributed by atoms with van der Waals surface area (Å²) in [5.74, 6) is -8.74. The van der Waals surface area contributed by atoms with Crippen molar-refractivity contribution in [3.8, 4) is 0 Å².